The van der Waals surface area contributed by atoms with E-state index in [1.807, 2.05) is 0 Å². The topological polar surface area (TPSA) is 12.4 Å². The Morgan fingerprint density at radius 1 is 1.12 bits per heavy atom. The van der Waals surface area contributed by atoms with Crippen molar-refractivity contribution >= 4 is 5.71 Å². The molecule has 0 saturated heterocycles. The standard InChI is InChI=1S/C14H21N2/c1-11(15-16(2,3)4)13-9-8-12-6-5-7-14(12)10-13/h8-10H,5-7H2,1-4H3/q+1. The summed E-state index contributed by atoms with van der Waals surface area (Å²) in [6.07, 6.45) is 3.80. The van der Waals surface area contributed by atoms with Gasteiger partial charge in [-0.15, -0.1) is 0 Å². The highest BCUT2D eigenvalue weighted by Crippen LogP contribution is 2.23. The van der Waals surface area contributed by atoms with E-state index in [2.05, 4.69) is 51.4 Å². The van der Waals surface area contributed by atoms with E-state index in [-0.39, 0.29) is 0 Å². The molecule has 1 aromatic rings. The van der Waals surface area contributed by atoms with Gasteiger partial charge in [0, 0.05) is 5.56 Å². The second kappa shape index (κ2) is 4.02. The minimum Gasteiger partial charge on any atom is -0.205 e. The van der Waals surface area contributed by atoms with Crippen LogP contribution in [0.2, 0.25) is 0 Å². The van der Waals surface area contributed by atoms with E-state index in [0.29, 0.717) is 4.59 Å². The molecular weight excluding hydrogens is 196 g/mol. The molecule has 0 atom stereocenters. The number of hydrogen-bond donors (Lipinski definition) is 0. The molecule has 0 spiro atoms. The average Bonchev–Trinajstić information content (AvgIpc) is 2.61. The zero-order valence-electron chi connectivity index (χ0n) is 10.7. The Hall–Kier alpha value is -1.15. The van der Waals surface area contributed by atoms with Crippen molar-refractivity contribution < 1.29 is 4.59 Å². The Bertz CT molecular complexity index is 425. The quantitative estimate of drug-likeness (QED) is 0.410. The van der Waals surface area contributed by atoms with Crippen LogP contribution in [0.4, 0.5) is 0 Å². The average molecular weight is 217 g/mol. The molecule has 16 heavy (non-hydrogen) atoms. The van der Waals surface area contributed by atoms with Crippen molar-refractivity contribution in [3.63, 3.8) is 0 Å². The van der Waals surface area contributed by atoms with Gasteiger partial charge in [-0.1, -0.05) is 17.2 Å². The van der Waals surface area contributed by atoms with Crippen LogP contribution >= 0.6 is 0 Å². The van der Waals surface area contributed by atoms with Gasteiger partial charge in [0.05, 0.1) is 26.9 Å². The third-order valence-electron chi connectivity index (χ3n) is 2.97. The van der Waals surface area contributed by atoms with Gasteiger partial charge in [0.25, 0.3) is 0 Å². The number of nitrogens with zero attached hydrogens (tertiary/aromatic N) is 2. The van der Waals surface area contributed by atoms with Crippen molar-refractivity contribution in [2.75, 3.05) is 21.1 Å². The molecule has 2 rings (SSSR count). The highest BCUT2D eigenvalue weighted by Gasteiger charge is 2.13. The van der Waals surface area contributed by atoms with Gasteiger partial charge in [0.15, 0.2) is 0 Å². The summed E-state index contributed by atoms with van der Waals surface area (Å²) in [5, 5.41) is 4.66. The number of quaternary nitrogens is 1. The maximum absolute atomic E-state index is 4.66. The molecule has 0 heterocycles. The number of hydrogen-bond acceptors (Lipinski definition) is 1. The maximum Gasteiger partial charge on any atom is 0.0999 e. The third kappa shape index (κ3) is 2.50. The van der Waals surface area contributed by atoms with E-state index in [4.69, 9.17) is 0 Å². The largest absolute Gasteiger partial charge is 0.205 e. The smallest absolute Gasteiger partial charge is 0.0999 e. The van der Waals surface area contributed by atoms with Crippen molar-refractivity contribution in [1.29, 1.82) is 0 Å². The summed E-state index contributed by atoms with van der Waals surface area (Å²) >= 11 is 0. The van der Waals surface area contributed by atoms with Crippen LogP contribution in [0.5, 0.6) is 0 Å². The highest BCUT2D eigenvalue weighted by molar-refractivity contribution is 5.98. The third-order valence-corrected chi connectivity index (χ3v) is 2.97. The lowest BCUT2D eigenvalue weighted by Crippen LogP contribution is -2.28. The van der Waals surface area contributed by atoms with E-state index < -0.39 is 0 Å². The van der Waals surface area contributed by atoms with Crippen LogP contribution < -0.4 is 0 Å². The molecule has 86 valence electrons. The van der Waals surface area contributed by atoms with Crippen molar-refractivity contribution in [3.05, 3.63) is 34.9 Å². The minimum atomic E-state index is 0.628. The summed E-state index contributed by atoms with van der Waals surface area (Å²) in [6, 6.07) is 6.79. The molecule has 0 aliphatic heterocycles. The zero-order valence-corrected chi connectivity index (χ0v) is 10.7. The first-order chi connectivity index (χ1) is 7.46. The van der Waals surface area contributed by atoms with Crippen molar-refractivity contribution in [2.45, 2.75) is 26.2 Å². The first-order valence-corrected chi connectivity index (χ1v) is 5.96. The van der Waals surface area contributed by atoms with Gasteiger partial charge in [-0.25, -0.2) is 4.59 Å². The van der Waals surface area contributed by atoms with E-state index in [0.717, 1.165) is 5.71 Å². The second-order valence-electron chi connectivity index (χ2n) is 5.46. The lowest BCUT2D eigenvalue weighted by atomic mass is 10.0. The molecule has 1 aliphatic rings. The van der Waals surface area contributed by atoms with Gasteiger partial charge in [-0.2, -0.15) is 0 Å². The normalized spacial score (nSPS) is 16.4. The lowest BCUT2D eigenvalue weighted by molar-refractivity contribution is -0.877. The van der Waals surface area contributed by atoms with Crippen LogP contribution in [-0.2, 0) is 12.8 Å². The van der Waals surface area contributed by atoms with Crippen LogP contribution in [0.3, 0.4) is 0 Å². The van der Waals surface area contributed by atoms with Crippen LogP contribution in [-0.4, -0.2) is 31.4 Å². The second-order valence-corrected chi connectivity index (χ2v) is 5.46. The molecule has 1 aromatic carbocycles. The van der Waals surface area contributed by atoms with E-state index in [9.17, 15) is 0 Å². The minimum absolute atomic E-state index is 0.628. The fourth-order valence-electron chi connectivity index (χ4n) is 2.30. The predicted octanol–water partition coefficient (Wildman–Crippen LogP) is 2.61. The SMILES string of the molecule is CC(=N[N+](C)(C)C)c1ccc2c(c1)CCC2. The maximum atomic E-state index is 4.66. The van der Waals surface area contributed by atoms with Gasteiger partial charge in [-0.3, -0.25) is 0 Å². The molecule has 0 N–H and O–H groups in total. The molecule has 0 amide bonds. The molecular formula is C14H21N2+. The monoisotopic (exact) mass is 217 g/mol. The Morgan fingerprint density at radius 2 is 1.81 bits per heavy atom. The number of rotatable bonds is 2. The molecule has 0 aromatic heterocycles. The zero-order chi connectivity index (χ0) is 11.8. The lowest BCUT2D eigenvalue weighted by Gasteiger charge is -2.16. The molecule has 2 heteroatoms. The fourth-order valence-corrected chi connectivity index (χ4v) is 2.30. The summed E-state index contributed by atoms with van der Waals surface area (Å²) in [7, 11) is 6.24. The number of benzene rings is 1. The van der Waals surface area contributed by atoms with Gasteiger partial charge in [0.2, 0.25) is 0 Å². The van der Waals surface area contributed by atoms with Gasteiger partial charge < -0.3 is 0 Å². The Labute approximate surface area is 98.2 Å². The molecule has 0 bridgehead atoms. The highest BCUT2D eigenvalue weighted by atomic mass is 15.6. The van der Waals surface area contributed by atoms with Crippen LogP contribution in [0, 0.1) is 0 Å². The van der Waals surface area contributed by atoms with E-state index in [1.54, 1.807) is 0 Å². The summed E-state index contributed by atoms with van der Waals surface area (Å²) in [6.45, 7) is 2.10. The summed E-state index contributed by atoms with van der Waals surface area (Å²) in [5.41, 5.74) is 5.45. The molecule has 0 saturated carbocycles. The summed E-state index contributed by atoms with van der Waals surface area (Å²) < 4.78 is 0.628. The Morgan fingerprint density at radius 3 is 2.50 bits per heavy atom. The Balaban J connectivity index is 2.32. The molecule has 2 nitrogen and oxygen atoms in total. The Kier molecular flexibility index (Phi) is 2.85. The van der Waals surface area contributed by atoms with Crippen molar-refractivity contribution in [3.8, 4) is 0 Å². The van der Waals surface area contributed by atoms with Gasteiger partial charge in [0.1, 0.15) is 0 Å². The van der Waals surface area contributed by atoms with E-state index >= 15 is 0 Å². The fraction of sp³-hybridized carbons (Fsp3) is 0.500. The van der Waals surface area contributed by atoms with Crippen LogP contribution in [0.15, 0.2) is 23.3 Å². The van der Waals surface area contributed by atoms with Gasteiger partial charge >= 0.3 is 0 Å². The molecule has 0 unspecified atom stereocenters. The summed E-state index contributed by atoms with van der Waals surface area (Å²) in [4.78, 5) is 0. The molecule has 1 aliphatic carbocycles. The number of aryl methyl sites for hydroxylation is 2. The first kappa shape index (κ1) is 11.3. The van der Waals surface area contributed by atoms with Gasteiger partial charge in [-0.05, 0) is 43.4 Å². The predicted molar refractivity (Wildman–Crippen MR) is 68.7 cm³/mol. The summed E-state index contributed by atoms with van der Waals surface area (Å²) in [5.74, 6) is 0. The first-order valence-electron chi connectivity index (χ1n) is 5.96. The number of fused-ring (bicyclic) bond motifs is 1. The van der Waals surface area contributed by atoms with Crippen molar-refractivity contribution in [1.82, 2.24) is 0 Å². The van der Waals surface area contributed by atoms with E-state index in [1.165, 1.54) is 36.0 Å². The van der Waals surface area contributed by atoms with Crippen molar-refractivity contribution in [2.24, 2.45) is 5.10 Å². The molecule has 0 fully saturated rings. The molecule has 0 radical (unpaired) electrons. The van der Waals surface area contributed by atoms with Crippen LogP contribution in [0.1, 0.15) is 30.0 Å². The van der Waals surface area contributed by atoms with Crippen LogP contribution in [0.25, 0.3) is 0 Å².